The molecule has 1 saturated heterocycles. The third kappa shape index (κ3) is 3.69. The Morgan fingerprint density at radius 1 is 1.17 bits per heavy atom. The molecule has 0 bridgehead atoms. The van der Waals surface area contributed by atoms with Gasteiger partial charge in [-0.25, -0.2) is 0 Å². The Balaban J connectivity index is 1.66. The van der Waals surface area contributed by atoms with E-state index in [9.17, 15) is 0 Å². The van der Waals surface area contributed by atoms with Crippen LogP contribution in [0.3, 0.4) is 0 Å². The zero-order valence-corrected chi connectivity index (χ0v) is 12.0. The monoisotopic (exact) mass is 254 g/mol. The van der Waals surface area contributed by atoms with Gasteiger partial charge < -0.3 is 15.4 Å². The summed E-state index contributed by atoms with van der Waals surface area (Å²) in [4.78, 5) is 2.62. The molecule has 0 amide bonds. The van der Waals surface area contributed by atoms with E-state index in [1.807, 2.05) is 6.92 Å². The highest BCUT2D eigenvalue weighted by atomic mass is 16.5. The van der Waals surface area contributed by atoms with Crippen LogP contribution in [0.25, 0.3) is 0 Å². The molecule has 0 radical (unpaired) electrons. The standard InChI is InChI=1S/C15H30N2O/c1-2-18-14(13-16)5-10-17-11-8-15(9-12-17)6-3-4-7-15/h14H,2-13,16H2,1H3. The molecule has 1 aliphatic heterocycles. The molecule has 1 aliphatic carbocycles. The quantitative estimate of drug-likeness (QED) is 0.791. The van der Waals surface area contributed by atoms with E-state index in [0.717, 1.165) is 25.0 Å². The Bertz CT molecular complexity index is 229. The fourth-order valence-corrected chi connectivity index (χ4v) is 3.71. The topological polar surface area (TPSA) is 38.5 Å². The molecule has 2 rings (SSSR count). The van der Waals surface area contributed by atoms with Gasteiger partial charge >= 0.3 is 0 Å². The number of likely N-dealkylation sites (tertiary alicyclic amines) is 1. The third-order valence-electron chi connectivity index (χ3n) is 5.01. The lowest BCUT2D eigenvalue weighted by Gasteiger charge is -2.39. The van der Waals surface area contributed by atoms with Gasteiger partial charge in [-0.3, -0.25) is 0 Å². The molecule has 3 heteroatoms. The minimum atomic E-state index is 0.261. The molecule has 1 saturated carbocycles. The van der Waals surface area contributed by atoms with E-state index in [1.165, 1.54) is 51.6 Å². The summed E-state index contributed by atoms with van der Waals surface area (Å²) in [6, 6.07) is 0. The van der Waals surface area contributed by atoms with Crippen molar-refractivity contribution in [1.29, 1.82) is 0 Å². The molecule has 1 unspecified atom stereocenters. The lowest BCUT2D eigenvalue weighted by molar-refractivity contribution is 0.0437. The van der Waals surface area contributed by atoms with Crippen molar-refractivity contribution in [1.82, 2.24) is 4.90 Å². The van der Waals surface area contributed by atoms with Crippen molar-refractivity contribution >= 4 is 0 Å². The SMILES string of the molecule is CCOC(CN)CCN1CCC2(CCCC2)CC1. The number of hydrogen-bond donors (Lipinski definition) is 1. The predicted octanol–water partition coefficient (Wildman–Crippen LogP) is 2.40. The van der Waals surface area contributed by atoms with Crippen LogP contribution in [0.2, 0.25) is 0 Å². The number of nitrogens with zero attached hydrogens (tertiary/aromatic N) is 1. The molecule has 18 heavy (non-hydrogen) atoms. The molecule has 0 aromatic heterocycles. The average molecular weight is 254 g/mol. The molecule has 3 nitrogen and oxygen atoms in total. The maximum absolute atomic E-state index is 5.73. The summed E-state index contributed by atoms with van der Waals surface area (Å²) in [5.74, 6) is 0. The maximum atomic E-state index is 5.73. The van der Waals surface area contributed by atoms with Crippen molar-refractivity contribution in [3.05, 3.63) is 0 Å². The molecule has 0 aromatic rings. The summed E-state index contributed by atoms with van der Waals surface area (Å²) in [5.41, 5.74) is 6.47. The Kier molecular flexibility index (Phi) is 5.46. The summed E-state index contributed by atoms with van der Waals surface area (Å²) in [7, 11) is 0. The Morgan fingerprint density at radius 3 is 2.39 bits per heavy atom. The first-order chi connectivity index (χ1) is 8.78. The van der Waals surface area contributed by atoms with Crippen molar-refractivity contribution in [2.45, 2.75) is 58.0 Å². The highest BCUT2D eigenvalue weighted by molar-refractivity contribution is 4.89. The van der Waals surface area contributed by atoms with Crippen LogP contribution in [0.5, 0.6) is 0 Å². The number of rotatable bonds is 6. The molecule has 2 N–H and O–H groups in total. The zero-order valence-electron chi connectivity index (χ0n) is 12.0. The summed E-state index contributed by atoms with van der Waals surface area (Å²) in [6.45, 7) is 7.24. The maximum Gasteiger partial charge on any atom is 0.0709 e. The second-order valence-electron chi connectivity index (χ2n) is 6.15. The van der Waals surface area contributed by atoms with Crippen LogP contribution >= 0.6 is 0 Å². The van der Waals surface area contributed by atoms with Crippen LogP contribution in [0.15, 0.2) is 0 Å². The van der Waals surface area contributed by atoms with Gasteiger partial charge in [-0.15, -0.1) is 0 Å². The second-order valence-corrected chi connectivity index (χ2v) is 6.15. The van der Waals surface area contributed by atoms with Gasteiger partial charge in [0.15, 0.2) is 0 Å². The van der Waals surface area contributed by atoms with E-state index in [2.05, 4.69) is 4.90 Å². The van der Waals surface area contributed by atoms with E-state index in [4.69, 9.17) is 10.5 Å². The highest BCUT2D eigenvalue weighted by Crippen LogP contribution is 2.46. The van der Waals surface area contributed by atoms with Gasteiger partial charge in [0.2, 0.25) is 0 Å². The third-order valence-corrected chi connectivity index (χ3v) is 5.01. The fourth-order valence-electron chi connectivity index (χ4n) is 3.71. The number of nitrogens with two attached hydrogens (primary N) is 1. The molecule has 1 heterocycles. The lowest BCUT2D eigenvalue weighted by atomic mass is 9.77. The number of ether oxygens (including phenoxy) is 1. The molecule has 1 atom stereocenters. The average Bonchev–Trinajstić information content (AvgIpc) is 2.85. The molecule has 2 aliphatic rings. The van der Waals surface area contributed by atoms with Gasteiger partial charge in [0, 0.05) is 19.7 Å². The first-order valence-corrected chi connectivity index (χ1v) is 7.82. The van der Waals surface area contributed by atoms with Crippen LogP contribution in [-0.2, 0) is 4.74 Å². The Hall–Kier alpha value is -0.120. The smallest absolute Gasteiger partial charge is 0.0709 e. The van der Waals surface area contributed by atoms with Crippen molar-refractivity contribution in [2.24, 2.45) is 11.1 Å². The van der Waals surface area contributed by atoms with Crippen molar-refractivity contribution in [3.8, 4) is 0 Å². The van der Waals surface area contributed by atoms with Gasteiger partial charge in [-0.05, 0) is 57.5 Å². The largest absolute Gasteiger partial charge is 0.377 e. The van der Waals surface area contributed by atoms with Gasteiger partial charge in [0.25, 0.3) is 0 Å². The fraction of sp³-hybridized carbons (Fsp3) is 1.00. The van der Waals surface area contributed by atoms with E-state index in [1.54, 1.807) is 0 Å². The number of piperidine rings is 1. The van der Waals surface area contributed by atoms with Crippen molar-refractivity contribution in [2.75, 3.05) is 32.8 Å². The summed E-state index contributed by atoms with van der Waals surface area (Å²) < 4.78 is 5.62. The first kappa shape index (κ1) is 14.3. The highest BCUT2D eigenvalue weighted by Gasteiger charge is 2.36. The minimum Gasteiger partial charge on any atom is -0.377 e. The zero-order chi connectivity index (χ0) is 12.8. The first-order valence-electron chi connectivity index (χ1n) is 7.82. The molecular formula is C15H30N2O. The van der Waals surface area contributed by atoms with E-state index < -0.39 is 0 Å². The van der Waals surface area contributed by atoms with Crippen molar-refractivity contribution < 1.29 is 4.74 Å². The van der Waals surface area contributed by atoms with Crippen LogP contribution < -0.4 is 5.73 Å². The second kappa shape index (κ2) is 6.88. The molecular weight excluding hydrogens is 224 g/mol. The Labute approximate surface area is 112 Å². The van der Waals surface area contributed by atoms with Gasteiger partial charge in [-0.1, -0.05) is 12.8 Å². The number of hydrogen-bond acceptors (Lipinski definition) is 3. The normalized spacial score (nSPS) is 25.7. The van der Waals surface area contributed by atoms with E-state index >= 15 is 0 Å². The molecule has 1 spiro atoms. The predicted molar refractivity (Wildman–Crippen MR) is 75.7 cm³/mol. The van der Waals surface area contributed by atoms with Gasteiger partial charge in [-0.2, -0.15) is 0 Å². The lowest BCUT2D eigenvalue weighted by Crippen LogP contribution is -2.40. The summed E-state index contributed by atoms with van der Waals surface area (Å²) >= 11 is 0. The summed E-state index contributed by atoms with van der Waals surface area (Å²) in [6.07, 6.45) is 10.1. The van der Waals surface area contributed by atoms with Crippen LogP contribution in [0.4, 0.5) is 0 Å². The molecule has 106 valence electrons. The van der Waals surface area contributed by atoms with Crippen LogP contribution in [0, 0.1) is 5.41 Å². The molecule has 0 aromatic carbocycles. The van der Waals surface area contributed by atoms with Crippen LogP contribution in [0.1, 0.15) is 51.9 Å². The van der Waals surface area contributed by atoms with E-state index in [-0.39, 0.29) is 6.10 Å². The minimum absolute atomic E-state index is 0.261. The van der Waals surface area contributed by atoms with E-state index in [0.29, 0.717) is 6.54 Å². The van der Waals surface area contributed by atoms with Crippen molar-refractivity contribution in [3.63, 3.8) is 0 Å². The Morgan fingerprint density at radius 2 is 1.83 bits per heavy atom. The summed E-state index contributed by atoms with van der Waals surface area (Å²) in [5, 5.41) is 0. The van der Waals surface area contributed by atoms with Crippen LogP contribution in [-0.4, -0.2) is 43.8 Å². The molecule has 2 fully saturated rings. The van der Waals surface area contributed by atoms with Gasteiger partial charge in [0.1, 0.15) is 0 Å². The van der Waals surface area contributed by atoms with Gasteiger partial charge in [0.05, 0.1) is 6.10 Å².